The van der Waals surface area contributed by atoms with Crippen molar-refractivity contribution in [3.8, 4) is 0 Å². The van der Waals surface area contributed by atoms with Gasteiger partial charge < -0.3 is 5.32 Å². The van der Waals surface area contributed by atoms with Gasteiger partial charge >= 0.3 is 0 Å². The van der Waals surface area contributed by atoms with Crippen molar-refractivity contribution in [3.63, 3.8) is 0 Å². The molecule has 2 aromatic rings. The number of piperidine rings is 1. The Kier molecular flexibility index (Phi) is 7.24. The molecule has 3 rings (SSSR count). The zero-order valence-corrected chi connectivity index (χ0v) is 18.1. The Bertz CT molecular complexity index is 1060. The SMILES string of the molecule is O=C(CCNS(=O)(=O)c1ccccc1)Nc1ccc(S(=O)(=O)N2CCCCC2)cc1. The third-order valence-corrected chi connectivity index (χ3v) is 8.18. The fourth-order valence-electron chi connectivity index (χ4n) is 3.17. The molecule has 2 N–H and O–H groups in total. The highest BCUT2D eigenvalue weighted by Gasteiger charge is 2.25. The zero-order chi connectivity index (χ0) is 21.6. The number of nitrogens with one attached hydrogen (secondary N) is 2. The fourth-order valence-corrected chi connectivity index (χ4v) is 5.74. The van der Waals surface area contributed by atoms with Crippen LogP contribution in [0.15, 0.2) is 64.4 Å². The molecule has 2 aromatic carbocycles. The van der Waals surface area contributed by atoms with Crippen LogP contribution < -0.4 is 10.0 Å². The number of benzene rings is 2. The average molecular weight is 452 g/mol. The standard InChI is InChI=1S/C20H25N3O5S2/c24-20(13-14-21-29(25,26)18-7-3-1-4-8-18)22-17-9-11-19(12-10-17)30(27,28)23-15-5-2-6-16-23/h1,3-4,7-12,21H,2,5-6,13-16H2,(H,22,24). The number of rotatable bonds is 8. The van der Waals surface area contributed by atoms with Crippen LogP contribution in [0.2, 0.25) is 0 Å². The van der Waals surface area contributed by atoms with Crippen molar-refractivity contribution >= 4 is 31.6 Å². The minimum atomic E-state index is -3.66. The molecule has 10 heteroatoms. The van der Waals surface area contributed by atoms with Gasteiger partial charge in [0.05, 0.1) is 9.79 Å². The minimum absolute atomic E-state index is 0.0511. The quantitative estimate of drug-likeness (QED) is 0.639. The second-order valence-corrected chi connectivity index (χ2v) is 10.7. The largest absolute Gasteiger partial charge is 0.326 e. The lowest BCUT2D eigenvalue weighted by Crippen LogP contribution is -2.35. The maximum atomic E-state index is 12.6. The molecule has 0 aliphatic carbocycles. The molecule has 0 spiro atoms. The normalized spacial score (nSPS) is 15.6. The van der Waals surface area contributed by atoms with Gasteiger partial charge in [-0.05, 0) is 49.2 Å². The van der Waals surface area contributed by atoms with Crippen LogP contribution in [-0.4, -0.2) is 46.7 Å². The van der Waals surface area contributed by atoms with E-state index in [9.17, 15) is 21.6 Å². The lowest BCUT2D eigenvalue weighted by atomic mass is 10.2. The van der Waals surface area contributed by atoms with Crippen LogP contribution in [-0.2, 0) is 24.8 Å². The first kappa shape index (κ1) is 22.4. The molecule has 1 fully saturated rings. The number of nitrogens with zero attached hydrogens (tertiary/aromatic N) is 1. The molecule has 1 aliphatic heterocycles. The second-order valence-electron chi connectivity index (χ2n) is 7.00. The van der Waals surface area contributed by atoms with Crippen LogP contribution >= 0.6 is 0 Å². The van der Waals surface area contributed by atoms with Gasteiger partial charge in [0.15, 0.2) is 0 Å². The van der Waals surface area contributed by atoms with E-state index in [4.69, 9.17) is 0 Å². The summed E-state index contributed by atoms with van der Waals surface area (Å²) in [5, 5.41) is 2.64. The molecule has 1 aliphatic rings. The Morgan fingerprint density at radius 2 is 1.47 bits per heavy atom. The van der Waals surface area contributed by atoms with Gasteiger partial charge in [0.2, 0.25) is 26.0 Å². The van der Waals surface area contributed by atoms with Crippen molar-refractivity contribution in [1.82, 2.24) is 9.03 Å². The minimum Gasteiger partial charge on any atom is -0.326 e. The van der Waals surface area contributed by atoms with Crippen LogP contribution in [0, 0.1) is 0 Å². The van der Waals surface area contributed by atoms with Gasteiger partial charge in [-0.2, -0.15) is 4.31 Å². The van der Waals surface area contributed by atoms with E-state index in [2.05, 4.69) is 10.0 Å². The summed E-state index contributed by atoms with van der Waals surface area (Å²) in [5.41, 5.74) is 0.448. The molecule has 1 heterocycles. The van der Waals surface area contributed by atoms with E-state index in [1.54, 1.807) is 18.2 Å². The lowest BCUT2D eigenvalue weighted by Gasteiger charge is -2.25. The summed E-state index contributed by atoms with van der Waals surface area (Å²) < 4.78 is 53.4. The number of carbonyl (C=O) groups excluding carboxylic acids is 1. The van der Waals surface area contributed by atoms with Crippen molar-refractivity contribution in [2.45, 2.75) is 35.5 Å². The van der Waals surface area contributed by atoms with E-state index >= 15 is 0 Å². The summed E-state index contributed by atoms with van der Waals surface area (Å²) in [5.74, 6) is -0.377. The molecular formula is C20H25N3O5S2. The van der Waals surface area contributed by atoms with Gasteiger partial charge in [0.1, 0.15) is 0 Å². The van der Waals surface area contributed by atoms with E-state index in [1.165, 1.54) is 40.7 Å². The molecule has 8 nitrogen and oxygen atoms in total. The Hall–Kier alpha value is -2.27. The highest BCUT2D eigenvalue weighted by molar-refractivity contribution is 7.89. The maximum Gasteiger partial charge on any atom is 0.243 e. The van der Waals surface area contributed by atoms with Gasteiger partial charge in [-0.25, -0.2) is 21.6 Å². The molecule has 1 saturated heterocycles. The first-order valence-corrected chi connectivity index (χ1v) is 12.7. The first-order chi connectivity index (χ1) is 14.3. The molecule has 1 amide bonds. The van der Waals surface area contributed by atoms with Crippen molar-refractivity contribution in [1.29, 1.82) is 0 Å². The first-order valence-electron chi connectivity index (χ1n) is 9.74. The third-order valence-electron chi connectivity index (χ3n) is 4.79. The molecule has 162 valence electrons. The van der Waals surface area contributed by atoms with Crippen LogP contribution in [0.4, 0.5) is 5.69 Å². The number of hydrogen-bond acceptors (Lipinski definition) is 5. The predicted molar refractivity (Wildman–Crippen MR) is 114 cm³/mol. The second kappa shape index (κ2) is 9.69. The van der Waals surface area contributed by atoms with E-state index in [-0.39, 0.29) is 28.7 Å². The zero-order valence-electron chi connectivity index (χ0n) is 16.5. The number of sulfonamides is 2. The summed E-state index contributed by atoms with van der Waals surface area (Å²) in [6, 6.07) is 13.9. The van der Waals surface area contributed by atoms with Crippen molar-refractivity contribution < 1.29 is 21.6 Å². The van der Waals surface area contributed by atoms with Gasteiger partial charge in [0.25, 0.3) is 0 Å². The molecule has 0 aromatic heterocycles. The molecular weight excluding hydrogens is 426 g/mol. The van der Waals surface area contributed by atoms with Crippen molar-refractivity contribution in [2.24, 2.45) is 0 Å². The topological polar surface area (TPSA) is 113 Å². The van der Waals surface area contributed by atoms with E-state index in [0.29, 0.717) is 18.8 Å². The average Bonchev–Trinajstić information content (AvgIpc) is 2.75. The van der Waals surface area contributed by atoms with Gasteiger partial charge in [-0.3, -0.25) is 4.79 Å². The smallest absolute Gasteiger partial charge is 0.243 e. The molecule has 30 heavy (non-hydrogen) atoms. The van der Waals surface area contributed by atoms with Gasteiger partial charge in [-0.15, -0.1) is 0 Å². The highest BCUT2D eigenvalue weighted by atomic mass is 32.2. The van der Waals surface area contributed by atoms with Crippen LogP contribution in [0.5, 0.6) is 0 Å². The number of anilines is 1. The van der Waals surface area contributed by atoms with E-state index in [0.717, 1.165) is 19.3 Å². The summed E-state index contributed by atoms with van der Waals surface area (Å²) >= 11 is 0. The van der Waals surface area contributed by atoms with E-state index < -0.39 is 20.0 Å². The van der Waals surface area contributed by atoms with Crippen LogP contribution in [0.1, 0.15) is 25.7 Å². The Balaban J connectivity index is 1.52. The highest BCUT2D eigenvalue weighted by Crippen LogP contribution is 2.22. The van der Waals surface area contributed by atoms with Crippen molar-refractivity contribution in [2.75, 3.05) is 25.0 Å². The molecule has 0 atom stereocenters. The molecule has 0 bridgehead atoms. The molecule has 0 saturated carbocycles. The fraction of sp³-hybridized carbons (Fsp3) is 0.350. The Morgan fingerprint density at radius 3 is 2.10 bits per heavy atom. The molecule has 0 radical (unpaired) electrons. The van der Waals surface area contributed by atoms with E-state index in [1.807, 2.05) is 0 Å². The molecule has 0 unspecified atom stereocenters. The van der Waals surface area contributed by atoms with Crippen molar-refractivity contribution in [3.05, 3.63) is 54.6 Å². The summed E-state index contributed by atoms with van der Waals surface area (Å²) in [6.45, 7) is 1.00. The predicted octanol–water partition coefficient (Wildman–Crippen LogP) is 2.17. The Labute approximate surface area is 177 Å². The maximum absolute atomic E-state index is 12.6. The Morgan fingerprint density at radius 1 is 0.833 bits per heavy atom. The number of amides is 1. The monoisotopic (exact) mass is 451 g/mol. The number of hydrogen-bond donors (Lipinski definition) is 2. The summed E-state index contributed by atoms with van der Waals surface area (Å²) in [6.07, 6.45) is 2.71. The lowest BCUT2D eigenvalue weighted by molar-refractivity contribution is -0.116. The van der Waals surface area contributed by atoms with Gasteiger partial charge in [0, 0.05) is 31.7 Å². The summed E-state index contributed by atoms with van der Waals surface area (Å²) in [7, 11) is -7.18. The van der Waals surface area contributed by atoms with Gasteiger partial charge in [-0.1, -0.05) is 24.6 Å². The van der Waals surface area contributed by atoms with Crippen LogP contribution in [0.25, 0.3) is 0 Å². The summed E-state index contributed by atoms with van der Waals surface area (Å²) in [4.78, 5) is 12.4. The number of carbonyl (C=O) groups is 1. The van der Waals surface area contributed by atoms with Crippen LogP contribution in [0.3, 0.4) is 0 Å². The third kappa shape index (κ3) is 5.66.